The molecule has 0 spiro atoms. The van der Waals surface area contributed by atoms with Crippen molar-refractivity contribution in [3.63, 3.8) is 0 Å². The molecule has 1 aromatic carbocycles. The molecule has 1 aromatic heterocycles. The maximum Gasteiger partial charge on any atom is 0.333 e. The van der Waals surface area contributed by atoms with Crippen LogP contribution in [0.15, 0.2) is 23.9 Å². The van der Waals surface area contributed by atoms with E-state index in [0.717, 1.165) is 60.7 Å². The van der Waals surface area contributed by atoms with Crippen LogP contribution in [-0.4, -0.2) is 44.4 Å². The zero-order chi connectivity index (χ0) is 23.6. The summed E-state index contributed by atoms with van der Waals surface area (Å²) in [5, 5.41) is 3.70. The molecule has 0 radical (unpaired) electrons. The van der Waals surface area contributed by atoms with E-state index in [0.29, 0.717) is 18.8 Å². The van der Waals surface area contributed by atoms with Crippen molar-refractivity contribution in [2.75, 3.05) is 17.3 Å². The molecule has 178 valence electrons. The Labute approximate surface area is 194 Å². The monoisotopic (exact) mass is 492 g/mol. The Morgan fingerprint density at radius 3 is 2.39 bits per heavy atom. The Hall–Kier alpha value is -2.66. The highest BCUT2D eigenvalue weighted by Crippen LogP contribution is 2.38. The number of imidazole rings is 1. The second-order valence-electron chi connectivity index (χ2n) is 8.60. The Kier molecular flexibility index (Phi) is 6.62. The summed E-state index contributed by atoms with van der Waals surface area (Å²) in [5.74, 6) is 0.384. The van der Waals surface area contributed by atoms with Crippen molar-refractivity contribution in [3.05, 3.63) is 51.9 Å². The van der Waals surface area contributed by atoms with Crippen LogP contribution in [0, 0.1) is 0 Å². The van der Waals surface area contributed by atoms with Gasteiger partial charge in [-0.25, -0.2) is 31.3 Å². The highest BCUT2D eigenvalue weighted by atomic mass is 32.2. The predicted octanol–water partition coefficient (Wildman–Crippen LogP) is 2.42. The minimum absolute atomic E-state index is 0.0290. The van der Waals surface area contributed by atoms with Crippen LogP contribution in [0.3, 0.4) is 0 Å². The van der Waals surface area contributed by atoms with E-state index in [4.69, 9.17) is 0 Å². The normalized spacial score (nSPS) is 15.5. The number of sulfone groups is 1. The molecule has 2 amide bonds. The number of amides is 2. The van der Waals surface area contributed by atoms with Crippen LogP contribution in [0.2, 0.25) is 0 Å². The maximum atomic E-state index is 12.6. The predicted molar refractivity (Wildman–Crippen MR) is 127 cm³/mol. The smallest absolute Gasteiger partial charge is 0.331 e. The van der Waals surface area contributed by atoms with Gasteiger partial charge in [-0.05, 0) is 73.3 Å². The lowest BCUT2D eigenvalue weighted by Gasteiger charge is -2.16. The van der Waals surface area contributed by atoms with Gasteiger partial charge in [0, 0.05) is 30.9 Å². The number of anilines is 1. The molecule has 2 aromatic rings. The topological polar surface area (TPSA) is 127 Å². The molecule has 1 heterocycles. The molecular weight excluding hydrogens is 464 g/mol. The van der Waals surface area contributed by atoms with Crippen molar-refractivity contribution in [3.8, 4) is 0 Å². The second-order valence-corrected chi connectivity index (χ2v) is 12.4. The number of aryl methyl sites for hydroxylation is 3. The summed E-state index contributed by atoms with van der Waals surface area (Å²) >= 11 is 0. The summed E-state index contributed by atoms with van der Waals surface area (Å²) in [4.78, 5) is 16.7. The number of sulfonamides is 1. The Bertz CT molecular complexity index is 1280. The van der Waals surface area contributed by atoms with Crippen LogP contribution in [0.1, 0.15) is 47.3 Å². The van der Waals surface area contributed by atoms with Crippen LogP contribution in [0.4, 0.5) is 10.5 Å². The third-order valence-electron chi connectivity index (χ3n) is 6.00. The Morgan fingerprint density at radius 2 is 1.76 bits per heavy atom. The average molecular weight is 493 g/mol. The van der Waals surface area contributed by atoms with Crippen LogP contribution in [0.5, 0.6) is 0 Å². The number of carbonyl (C=O) groups excluding carboxylic acids is 1. The van der Waals surface area contributed by atoms with E-state index in [1.807, 2.05) is 0 Å². The first-order chi connectivity index (χ1) is 15.6. The molecule has 2 N–H and O–H groups in total. The minimum atomic E-state index is -4.06. The molecule has 0 atom stereocenters. The quantitative estimate of drug-likeness (QED) is 0.583. The third-order valence-corrected chi connectivity index (χ3v) is 8.00. The highest BCUT2D eigenvalue weighted by Gasteiger charge is 2.25. The average Bonchev–Trinajstić information content (AvgIpc) is 3.45. The molecule has 0 unspecified atom stereocenters. The van der Waals surface area contributed by atoms with E-state index in [1.54, 1.807) is 10.8 Å². The number of aromatic nitrogens is 2. The van der Waals surface area contributed by atoms with E-state index in [2.05, 4.69) is 21.1 Å². The van der Waals surface area contributed by atoms with Gasteiger partial charge in [0.05, 0.1) is 11.2 Å². The van der Waals surface area contributed by atoms with E-state index >= 15 is 0 Å². The molecule has 0 fully saturated rings. The SMILES string of the molecule is CS(=O)(=O)CCCn1ccnc1/C=C/S(=O)(=O)NC(=O)Nc1c2c(cc3c1CCC3)CCC2. The third kappa shape index (κ3) is 5.83. The van der Waals surface area contributed by atoms with E-state index in [-0.39, 0.29) is 5.75 Å². The van der Waals surface area contributed by atoms with E-state index < -0.39 is 25.9 Å². The molecule has 0 bridgehead atoms. The first-order valence-corrected chi connectivity index (χ1v) is 14.6. The molecule has 4 rings (SSSR count). The van der Waals surface area contributed by atoms with Gasteiger partial charge in [0.15, 0.2) is 0 Å². The number of benzene rings is 1. The maximum absolute atomic E-state index is 12.6. The summed E-state index contributed by atoms with van der Waals surface area (Å²) < 4.78 is 51.3. The number of hydrogen-bond donors (Lipinski definition) is 2. The highest BCUT2D eigenvalue weighted by molar-refractivity contribution is 7.93. The van der Waals surface area contributed by atoms with Gasteiger partial charge in [-0.2, -0.15) is 0 Å². The lowest BCUT2D eigenvalue weighted by Crippen LogP contribution is -2.33. The van der Waals surface area contributed by atoms with Gasteiger partial charge in [-0.1, -0.05) is 6.07 Å². The summed E-state index contributed by atoms with van der Waals surface area (Å²) in [7, 11) is -7.13. The van der Waals surface area contributed by atoms with Crippen LogP contribution >= 0.6 is 0 Å². The van der Waals surface area contributed by atoms with Gasteiger partial charge in [0.1, 0.15) is 15.7 Å². The van der Waals surface area contributed by atoms with Crippen molar-refractivity contribution < 1.29 is 21.6 Å². The van der Waals surface area contributed by atoms with Gasteiger partial charge in [0.25, 0.3) is 10.0 Å². The van der Waals surface area contributed by atoms with E-state index in [1.165, 1.54) is 29.7 Å². The number of rotatable bonds is 8. The first-order valence-electron chi connectivity index (χ1n) is 11.0. The zero-order valence-corrected chi connectivity index (χ0v) is 20.1. The molecular formula is C22H28N4O5S2. The number of carbonyl (C=O) groups is 1. The fraction of sp³-hybridized carbons (Fsp3) is 0.455. The van der Waals surface area contributed by atoms with Crippen LogP contribution < -0.4 is 10.0 Å². The van der Waals surface area contributed by atoms with Gasteiger partial charge in [0.2, 0.25) is 0 Å². The summed E-state index contributed by atoms with van der Waals surface area (Å²) in [5.41, 5.74) is 5.51. The molecule has 0 aliphatic heterocycles. The van der Waals surface area contributed by atoms with Crippen molar-refractivity contribution in [1.29, 1.82) is 0 Å². The zero-order valence-electron chi connectivity index (χ0n) is 18.5. The van der Waals surface area contributed by atoms with Gasteiger partial charge < -0.3 is 9.88 Å². The van der Waals surface area contributed by atoms with Gasteiger partial charge in [-0.15, -0.1) is 0 Å². The summed E-state index contributed by atoms with van der Waals surface area (Å²) in [6.07, 6.45) is 11.8. The fourth-order valence-electron chi connectivity index (χ4n) is 4.59. The lowest BCUT2D eigenvalue weighted by molar-refractivity contribution is 0.256. The molecule has 0 saturated carbocycles. The number of hydrogen-bond acceptors (Lipinski definition) is 6. The summed E-state index contributed by atoms with van der Waals surface area (Å²) in [6, 6.07) is 1.45. The molecule has 11 heteroatoms. The minimum Gasteiger partial charge on any atom is -0.331 e. The van der Waals surface area contributed by atoms with Crippen molar-refractivity contribution >= 4 is 37.7 Å². The summed E-state index contributed by atoms with van der Waals surface area (Å²) in [6.45, 7) is 0.380. The van der Waals surface area contributed by atoms with Crippen LogP contribution in [-0.2, 0) is 52.1 Å². The van der Waals surface area contributed by atoms with Gasteiger partial charge >= 0.3 is 6.03 Å². The Balaban J connectivity index is 1.42. The number of fused-ring (bicyclic) bond motifs is 2. The molecule has 2 aliphatic rings. The largest absolute Gasteiger partial charge is 0.333 e. The number of nitrogens with zero attached hydrogens (tertiary/aromatic N) is 2. The molecule has 9 nitrogen and oxygen atoms in total. The Morgan fingerprint density at radius 1 is 1.09 bits per heavy atom. The molecule has 0 saturated heterocycles. The number of urea groups is 1. The standard InChI is InChI=1S/C22H28N4O5S2/c1-32(28,29)13-4-11-26-12-10-23-20(26)9-14-33(30,31)25-22(27)24-21-18-7-2-5-16(18)15-17-6-3-8-19(17)21/h9-10,12,14-15H,2-8,11,13H2,1H3,(H2,24,25,27)/b14-9+. The first kappa shape index (κ1) is 23.5. The van der Waals surface area contributed by atoms with Crippen molar-refractivity contribution in [2.24, 2.45) is 0 Å². The van der Waals surface area contributed by atoms with Crippen LogP contribution in [0.25, 0.3) is 6.08 Å². The fourth-order valence-corrected chi connectivity index (χ4v) is 5.92. The van der Waals surface area contributed by atoms with E-state index in [9.17, 15) is 21.6 Å². The number of nitrogens with one attached hydrogen (secondary N) is 2. The van der Waals surface area contributed by atoms with Gasteiger partial charge in [-0.3, -0.25) is 0 Å². The molecule has 2 aliphatic carbocycles. The lowest BCUT2D eigenvalue weighted by atomic mass is 9.99. The molecule has 33 heavy (non-hydrogen) atoms. The van der Waals surface area contributed by atoms with Crippen molar-refractivity contribution in [2.45, 2.75) is 51.5 Å². The second kappa shape index (κ2) is 9.30. The van der Waals surface area contributed by atoms with Crippen molar-refractivity contribution in [1.82, 2.24) is 14.3 Å².